The highest BCUT2D eigenvalue weighted by Crippen LogP contribution is 2.68. The number of carbonyl (C=O) groups excluding carboxylic acids is 3. The van der Waals surface area contributed by atoms with Gasteiger partial charge in [-0.15, -0.1) is 11.8 Å². The lowest BCUT2D eigenvalue weighted by atomic mass is 9.63. The number of fused-ring (bicyclic) bond motifs is 2. The molecular formula is C43H37NO7S. The summed E-state index contributed by atoms with van der Waals surface area (Å²) in [5.74, 6) is -3.41. The van der Waals surface area contributed by atoms with E-state index in [1.807, 2.05) is 80.6 Å². The Morgan fingerprint density at radius 2 is 1.54 bits per heavy atom. The highest BCUT2D eigenvalue weighted by Gasteiger charge is 2.79. The summed E-state index contributed by atoms with van der Waals surface area (Å²) in [6.45, 7) is 4.01. The first-order valence-electron chi connectivity index (χ1n) is 17.3. The normalized spacial score (nSPS) is 24.1. The van der Waals surface area contributed by atoms with Crippen LogP contribution >= 0.6 is 11.8 Å². The maximum atomic E-state index is 15.3. The van der Waals surface area contributed by atoms with Crippen LogP contribution in [0.2, 0.25) is 0 Å². The topological polar surface area (TPSA) is 106 Å². The van der Waals surface area contributed by atoms with E-state index in [9.17, 15) is 14.7 Å². The Morgan fingerprint density at radius 3 is 2.23 bits per heavy atom. The van der Waals surface area contributed by atoms with Gasteiger partial charge in [0.15, 0.2) is 5.78 Å². The van der Waals surface area contributed by atoms with Crippen molar-refractivity contribution in [1.29, 1.82) is 0 Å². The van der Waals surface area contributed by atoms with Crippen LogP contribution in [0.25, 0.3) is 11.3 Å². The SMILES string of the molecule is CC1(C)S[C@H]2N(C(=O)C23C(C(=O)Oc2ccccc2)=CCC3C(=O)c2ccccc2-c2ccco2)[C@H]1C(O)(OCc1ccccc1)c1ccccc1. The van der Waals surface area contributed by atoms with Gasteiger partial charge < -0.3 is 23.9 Å². The van der Waals surface area contributed by atoms with E-state index in [0.29, 0.717) is 28.2 Å². The number of esters is 1. The van der Waals surface area contributed by atoms with Gasteiger partial charge in [-0.25, -0.2) is 4.79 Å². The third-order valence-electron chi connectivity index (χ3n) is 10.5. The molecule has 9 heteroatoms. The number of benzene rings is 4. The van der Waals surface area contributed by atoms with Gasteiger partial charge in [-0.3, -0.25) is 9.59 Å². The van der Waals surface area contributed by atoms with Gasteiger partial charge in [0.1, 0.15) is 23.0 Å². The van der Waals surface area contributed by atoms with Gasteiger partial charge in [-0.05, 0) is 50.1 Å². The van der Waals surface area contributed by atoms with Gasteiger partial charge >= 0.3 is 5.97 Å². The van der Waals surface area contributed by atoms with Crippen molar-refractivity contribution in [3.05, 3.63) is 162 Å². The number of para-hydroxylation sites is 1. The maximum absolute atomic E-state index is 15.3. The molecule has 1 aromatic heterocycles. The molecule has 2 aliphatic heterocycles. The minimum absolute atomic E-state index is 0.0839. The number of nitrogens with zero attached hydrogens (tertiary/aromatic N) is 1. The fraction of sp³-hybridized carbons (Fsp3) is 0.233. The second kappa shape index (κ2) is 13.1. The van der Waals surface area contributed by atoms with Crippen LogP contribution in [0.3, 0.4) is 0 Å². The number of Topliss-reactive ketones (excluding diaryl/α,β-unsaturated/α-hetero) is 1. The molecule has 2 fully saturated rings. The molecule has 1 N–H and O–H groups in total. The Balaban J connectivity index is 1.22. The number of hydrogen-bond acceptors (Lipinski definition) is 8. The minimum Gasteiger partial charge on any atom is -0.464 e. The van der Waals surface area contributed by atoms with Gasteiger partial charge in [0.2, 0.25) is 11.7 Å². The molecule has 1 amide bonds. The quantitative estimate of drug-likeness (QED) is 0.0515. The number of β-lactam (4-membered cyclic amide) rings is 1. The van der Waals surface area contributed by atoms with Crippen molar-refractivity contribution in [2.24, 2.45) is 11.3 Å². The zero-order chi connectivity index (χ0) is 36.1. The molecule has 262 valence electrons. The second-order valence-corrected chi connectivity index (χ2v) is 15.6. The molecule has 4 aromatic carbocycles. The molecule has 0 saturated carbocycles. The van der Waals surface area contributed by atoms with Gasteiger partial charge in [0.25, 0.3) is 0 Å². The number of ketones is 1. The lowest BCUT2D eigenvalue weighted by molar-refractivity contribution is -0.269. The number of ether oxygens (including phenoxy) is 2. The Morgan fingerprint density at radius 1 is 0.885 bits per heavy atom. The summed E-state index contributed by atoms with van der Waals surface area (Å²) in [4.78, 5) is 45.9. The molecule has 3 aliphatic rings. The van der Waals surface area contributed by atoms with Crippen LogP contribution in [-0.4, -0.2) is 43.8 Å². The Labute approximate surface area is 306 Å². The number of thioether (sulfide) groups is 1. The van der Waals surface area contributed by atoms with Crippen LogP contribution in [0, 0.1) is 11.3 Å². The van der Waals surface area contributed by atoms with E-state index in [-0.39, 0.29) is 24.4 Å². The predicted octanol–water partition coefficient (Wildman–Crippen LogP) is 7.79. The molecule has 0 radical (unpaired) electrons. The fourth-order valence-electron chi connectivity index (χ4n) is 8.19. The number of carbonyl (C=O) groups is 3. The van der Waals surface area contributed by atoms with Crippen molar-refractivity contribution in [2.75, 3.05) is 0 Å². The third-order valence-corrected chi connectivity index (χ3v) is 12.1. The predicted molar refractivity (Wildman–Crippen MR) is 197 cm³/mol. The largest absolute Gasteiger partial charge is 0.464 e. The van der Waals surface area contributed by atoms with Crippen molar-refractivity contribution >= 4 is 29.4 Å². The highest BCUT2D eigenvalue weighted by atomic mass is 32.2. The van der Waals surface area contributed by atoms with Crippen LogP contribution in [0.4, 0.5) is 0 Å². The summed E-state index contributed by atoms with van der Waals surface area (Å²) < 4.78 is 17.2. The molecule has 3 heterocycles. The van der Waals surface area contributed by atoms with Crippen molar-refractivity contribution in [3.8, 4) is 17.1 Å². The molecule has 8 rings (SSSR count). The number of hydrogen-bond donors (Lipinski definition) is 1. The van der Waals surface area contributed by atoms with Crippen molar-refractivity contribution in [1.82, 2.24) is 4.90 Å². The second-order valence-electron chi connectivity index (χ2n) is 13.9. The van der Waals surface area contributed by atoms with Crippen LogP contribution in [0.1, 0.15) is 41.8 Å². The van der Waals surface area contributed by atoms with E-state index in [0.717, 1.165) is 5.56 Å². The summed E-state index contributed by atoms with van der Waals surface area (Å²) in [7, 11) is 0. The van der Waals surface area contributed by atoms with Crippen LogP contribution in [0.5, 0.6) is 5.75 Å². The molecule has 8 nitrogen and oxygen atoms in total. The molecule has 5 aromatic rings. The minimum atomic E-state index is -1.95. The van der Waals surface area contributed by atoms with Gasteiger partial charge in [-0.2, -0.15) is 0 Å². The summed E-state index contributed by atoms with van der Waals surface area (Å²) in [5.41, 5.74) is 0.923. The summed E-state index contributed by atoms with van der Waals surface area (Å²) >= 11 is 1.46. The molecule has 1 aliphatic carbocycles. The first-order valence-corrected chi connectivity index (χ1v) is 18.2. The average molecular weight is 712 g/mol. The molecule has 1 spiro atoms. The monoisotopic (exact) mass is 711 g/mol. The Kier molecular flexibility index (Phi) is 8.53. The molecule has 5 atom stereocenters. The Hall–Kier alpha value is -5.22. The van der Waals surface area contributed by atoms with E-state index in [2.05, 4.69) is 0 Å². The number of allylic oxidation sites excluding steroid dienone is 1. The van der Waals surface area contributed by atoms with E-state index in [4.69, 9.17) is 13.9 Å². The zero-order valence-electron chi connectivity index (χ0n) is 28.7. The number of furan rings is 1. The average Bonchev–Trinajstić information content (AvgIpc) is 3.92. The first-order chi connectivity index (χ1) is 25.2. The van der Waals surface area contributed by atoms with E-state index >= 15 is 4.79 Å². The van der Waals surface area contributed by atoms with E-state index < -0.39 is 45.2 Å². The lowest BCUT2D eigenvalue weighted by Gasteiger charge is -2.57. The summed E-state index contributed by atoms with van der Waals surface area (Å²) in [6.07, 6.45) is 3.39. The van der Waals surface area contributed by atoms with E-state index in [1.165, 1.54) is 11.8 Å². The standard InChI is InChI=1S/C43H37NO7S/c1-41(2)38(43(48,29-17-8-4-9-18-29)50-27-28-15-6-3-7-16-28)44-39(47)42(40(44)52-41)33(24-25-34(42)37(46)51-30-19-10-5-11-20-30)36(45)32-22-13-12-21-31(32)35-23-14-26-49-35/h3-23,25-26,33,38,40,48H,24,27H2,1-2H3/t33?,38-,40-,42?,43?/m1/s1. The molecule has 3 unspecified atom stereocenters. The van der Waals surface area contributed by atoms with Crippen LogP contribution in [-0.2, 0) is 26.7 Å². The summed E-state index contributed by atoms with van der Waals surface area (Å²) in [5, 5.41) is 12.1. The number of amides is 1. The van der Waals surface area contributed by atoms with Crippen molar-refractivity contribution in [2.45, 2.75) is 48.8 Å². The lowest BCUT2D eigenvalue weighted by Crippen LogP contribution is -2.74. The molecular weight excluding hydrogens is 675 g/mol. The van der Waals surface area contributed by atoms with Crippen LogP contribution in [0.15, 0.2) is 150 Å². The maximum Gasteiger partial charge on any atom is 0.340 e. The van der Waals surface area contributed by atoms with Gasteiger partial charge in [-0.1, -0.05) is 109 Å². The third kappa shape index (κ3) is 5.34. The molecule has 0 bridgehead atoms. The van der Waals surface area contributed by atoms with Crippen LogP contribution < -0.4 is 4.74 Å². The zero-order valence-corrected chi connectivity index (χ0v) is 29.5. The number of aliphatic hydroxyl groups is 1. The number of rotatable bonds is 10. The van der Waals surface area contributed by atoms with Crippen molar-refractivity contribution < 1.29 is 33.4 Å². The van der Waals surface area contributed by atoms with E-state index in [1.54, 1.807) is 77.9 Å². The molecule has 52 heavy (non-hydrogen) atoms. The first kappa shape index (κ1) is 33.9. The van der Waals surface area contributed by atoms with Gasteiger partial charge in [0.05, 0.1) is 23.8 Å². The summed E-state index contributed by atoms with van der Waals surface area (Å²) in [6, 6.07) is 37.1. The van der Waals surface area contributed by atoms with Gasteiger partial charge in [0, 0.05) is 27.4 Å². The Bertz CT molecular complexity index is 2150. The molecule has 2 saturated heterocycles. The smallest absolute Gasteiger partial charge is 0.340 e. The fourth-order valence-corrected chi connectivity index (χ4v) is 10.1. The highest BCUT2D eigenvalue weighted by molar-refractivity contribution is 8.01. The van der Waals surface area contributed by atoms with Crippen molar-refractivity contribution in [3.63, 3.8) is 0 Å².